The van der Waals surface area contributed by atoms with Gasteiger partial charge in [0, 0.05) is 23.5 Å². The average Bonchev–Trinajstić information content (AvgIpc) is 3.27. The standard InChI is InChI=1S/C25H23FN2O2S/c1-2-14-27(25(30)19-8-10-20(26)11-9-19)17-23(29)28-15-12-22-21(13-16-31-22)24(28)18-6-4-3-5-7-18/h2-11,13,16,24H,1,12,14-15,17H2. The number of benzene rings is 2. The van der Waals surface area contributed by atoms with Crippen LogP contribution in [0.2, 0.25) is 0 Å². The summed E-state index contributed by atoms with van der Waals surface area (Å²) in [5.41, 5.74) is 2.54. The number of fused-ring (bicyclic) bond motifs is 1. The molecule has 0 spiro atoms. The monoisotopic (exact) mass is 434 g/mol. The zero-order valence-corrected chi connectivity index (χ0v) is 17.9. The van der Waals surface area contributed by atoms with E-state index in [1.807, 2.05) is 35.2 Å². The normalized spacial score (nSPS) is 15.3. The van der Waals surface area contributed by atoms with Crippen molar-refractivity contribution in [2.24, 2.45) is 0 Å². The molecule has 1 aliphatic rings. The van der Waals surface area contributed by atoms with Crippen LogP contribution in [-0.4, -0.2) is 41.2 Å². The van der Waals surface area contributed by atoms with Crippen molar-refractivity contribution >= 4 is 23.2 Å². The largest absolute Gasteiger partial charge is 0.330 e. The lowest BCUT2D eigenvalue weighted by molar-refractivity contribution is -0.133. The van der Waals surface area contributed by atoms with E-state index in [2.05, 4.69) is 18.0 Å². The van der Waals surface area contributed by atoms with E-state index >= 15 is 0 Å². The van der Waals surface area contributed by atoms with Gasteiger partial charge in [0.2, 0.25) is 5.91 Å². The molecule has 31 heavy (non-hydrogen) atoms. The summed E-state index contributed by atoms with van der Waals surface area (Å²) in [6.07, 6.45) is 2.39. The molecule has 6 heteroatoms. The lowest BCUT2D eigenvalue weighted by atomic mass is 9.93. The summed E-state index contributed by atoms with van der Waals surface area (Å²) in [7, 11) is 0. The van der Waals surface area contributed by atoms with Crippen LogP contribution in [0.15, 0.2) is 78.7 Å². The fourth-order valence-corrected chi connectivity index (χ4v) is 4.89. The topological polar surface area (TPSA) is 40.6 Å². The van der Waals surface area contributed by atoms with Gasteiger partial charge < -0.3 is 9.80 Å². The second-order valence-electron chi connectivity index (χ2n) is 7.43. The molecule has 0 saturated carbocycles. The van der Waals surface area contributed by atoms with Gasteiger partial charge in [-0.2, -0.15) is 0 Å². The maximum Gasteiger partial charge on any atom is 0.254 e. The smallest absolute Gasteiger partial charge is 0.254 e. The summed E-state index contributed by atoms with van der Waals surface area (Å²) in [6.45, 7) is 4.48. The van der Waals surface area contributed by atoms with Crippen LogP contribution < -0.4 is 0 Å². The minimum absolute atomic E-state index is 0.0645. The lowest BCUT2D eigenvalue weighted by Crippen LogP contribution is -2.46. The lowest BCUT2D eigenvalue weighted by Gasteiger charge is -2.37. The Balaban J connectivity index is 1.60. The van der Waals surface area contributed by atoms with Crippen molar-refractivity contribution in [3.8, 4) is 0 Å². The van der Waals surface area contributed by atoms with Crippen LogP contribution in [0.4, 0.5) is 4.39 Å². The van der Waals surface area contributed by atoms with E-state index in [0.717, 1.165) is 17.5 Å². The van der Waals surface area contributed by atoms with Crippen molar-refractivity contribution in [2.45, 2.75) is 12.5 Å². The van der Waals surface area contributed by atoms with Gasteiger partial charge in [-0.3, -0.25) is 9.59 Å². The maximum atomic E-state index is 13.4. The molecule has 0 N–H and O–H groups in total. The third-order valence-electron chi connectivity index (χ3n) is 5.46. The van der Waals surface area contributed by atoms with Gasteiger partial charge in [0.15, 0.2) is 0 Å². The molecule has 0 aliphatic carbocycles. The highest BCUT2D eigenvalue weighted by atomic mass is 32.1. The van der Waals surface area contributed by atoms with Crippen LogP contribution in [0.3, 0.4) is 0 Å². The molecule has 3 aromatic rings. The molecule has 0 radical (unpaired) electrons. The van der Waals surface area contributed by atoms with Crippen LogP contribution >= 0.6 is 11.3 Å². The summed E-state index contributed by atoms with van der Waals surface area (Å²) in [5.74, 6) is -0.853. The highest BCUT2D eigenvalue weighted by Crippen LogP contribution is 2.37. The van der Waals surface area contributed by atoms with E-state index in [1.54, 1.807) is 17.4 Å². The summed E-state index contributed by atoms with van der Waals surface area (Å²) >= 11 is 1.72. The van der Waals surface area contributed by atoms with Gasteiger partial charge >= 0.3 is 0 Å². The fraction of sp³-hybridized carbons (Fsp3) is 0.200. The number of carbonyl (C=O) groups excluding carboxylic acids is 2. The number of amides is 2. The van der Waals surface area contributed by atoms with Crippen molar-refractivity contribution in [1.29, 1.82) is 0 Å². The molecule has 4 nitrogen and oxygen atoms in total. The minimum atomic E-state index is -0.409. The van der Waals surface area contributed by atoms with E-state index in [1.165, 1.54) is 34.0 Å². The van der Waals surface area contributed by atoms with Gasteiger partial charge in [0.25, 0.3) is 5.91 Å². The predicted molar refractivity (Wildman–Crippen MR) is 121 cm³/mol. The third kappa shape index (κ3) is 4.44. The van der Waals surface area contributed by atoms with E-state index in [-0.39, 0.29) is 30.9 Å². The Kier molecular flexibility index (Phi) is 6.28. The first-order valence-corrected chi connectivity index (χ1v) is 11.0. The summed E-state index contributed by atoms with van der Waals surface area (Å²) in [4.78, 5) is 31.0. The Hall–Kier alpha value is -3.25. The van der Waals surface area contributed by atoms with Crippen molar-refractivity contribution in [3.63, 3.8) is 0 Å². The predicted octanol–water partition coefficient (Wildman–Crippen LogP) is 4.69. The Bertz CT molecular complexity index is 1080. The molecule has 0 bridgehead atoms. The first-order valence-electron chi connectivity index (χ1n) is 10.1. The Morgan fingerprint density at radius 2 is 1.87 bits per heavy atom. The number of thiophene rings is 1. The zero-order valence-electron chi connectivity index (χ0n) is 17.0. The second-order valence-corrected chi connectivity index (χ2v) is 8.43. The number of hydrogen-bond acceptors (Lipinski definition) is 3. The molecular weight excluding hydrogens is 411 g/mol. The molecule has 1 unspecified atom stereocenters. The van der Waals surface area contributed by atoms with Crippen LogP contribution in [0.1, 0.15) is 32.4 Å². The molecule has 2 amide bonds. The van der Waals surface area contributed by atoms with Crippen molar-refractivity contribution < 1.29 is 14.0 Å². The number of hydrogen-bond donors (Lipinski definition) is 0. The first-order chi connectivity index (χ1) is 15.1. The van der Waals surface area contributed by atoms with Crippen LogP contribution in [0, 0.1) is 5.82 Å². The number of rotatable bonds is 6. The minimum Gasteiger partial charge on any atom is -0.330 e. The van der Waals surface area contributed by atoms with Crippen molar-refractivity contribution in [1.82, 2.24) is 9.80 Å². The molecule has 1 aliphatic heterocycles. The van der Waals surface area contributed by atoms with Gasteiger partial charge in [0.1, 0.15) is 12.4 Å². The Morgan fingerprint density at radius 1 is 1.13 bits per heavy atom. The van der Waals surface area contributed by atoms with Gasteiger partial charge in [-0.05, 0) is 53.3 Å². The number of carbonyl (C=O) groups is 2. The van der Waals surface area contributed by atoms with Crippen molar-refractivity contribution in [2.75, 3.05) is 19.6 Å². The average molecular weight is 435 g/mol. The molecular formula is C25H23FN2O2S. The third-order valence-corrected chi connectivity index (χ3v) is 6.45. The zero-order chi connectivity index (χ0) is 21.8. The summed E-state index contributed by atoms with van der Waals surface area (Å²) in [6, 6.07) is 17.2. The van der Waals surface area contributed by atoms with Crippen LogP contribution in [-0.2, 0) is 11.2 Å². The van der Waals surface area contributed by atoms with Crippen molar-refractivity contribution in [3.05, 3.63) is 106 Å². The van der Waals surface area contributed by atoms with Crippen LogP contribution in [0.5, 0.6) is 0 Å². The van der Waals surface area contributed by atoms with Gasteiger partial charge in [-0.15, -0.1) is 17.9 Å². The maximum absolute atomic E-state index is 13.4. The number of nitrogens with zero attached hydrogens (tertiary/aromatic N) is 2. The fourth-order valence-electron chi connectivity index (χ4n) is 3.98. The first kappa shape index (κ1) is 21.0. The highest BCUT2D eigenvalue weighted by Gasteiger charge is 2.33. The summed E-state index contributed by atoms with van der Waals surface area (Å²) in [5, 5.41) is 2.07. The van der Waals surface area contributed by atoms with E-state index in [9.17, 15) is 14.0 Å². The molecule has 2 aromatic carbocycles. The van der Waals surface area contributed by atoms with Gasteiger partial charge in [0.05, 0.1) is 6.04 Å². The highest BCUT2D eigenvalue weighted by molar-refractivity contribution is 7.10. The molecule has 0 saturated heterocycles. The van der Waals surface area contributed by atoms with E-state index in [4.69, 9.17) is 0 Å². The van der Waals surface area contributed by atoms with E-state index in [0.29, 0.717) is 12.1 Å². The van der Waals surface area contributed by atoms with Gasteiger partial charge in [-0.25, -0.2) is 4.39 Å². The molecule has 4 rings (SSSR count). The molecule has 158 valence electrons. The van der Waals surface area contributed by atoms with E-state index < -0.39 is 5.82 Å². The van der Waals surface area contributed by atoms with Gasteiger partial charge in [-0.1, -0.05) is 36.4 Å². The SMILES string of the molecule is C=CCN(CC(=O)N1CCc2sccc2C1c1ccccc1)C(=O)c1ccc(F)cc1. The van der Waals surface area contributed by atoms with Crippen LogP contribution in [0.25, 0.3) is 0 Å². The molecule has 0 fully saturated rings. The Labute approximate surface area is 185 Å². The molecule has 2 heterocycles. The second kappa shape index (κ2) is 9.27. The quantitative estimate of drug-likeness (QED) is 0.528. The molecule has 1 aromatic heterocycles. The number of halogens is 1. The Morgan fingerprint density at radius 3 is 2.58 bits per heavy atom. The summed E-state index contributed by atoms with van der Waals surface area (Å²) < 4.78 is 13.3. The molecule has 1 atom stereocenters.